The fourth-order valence-electron chi connectivity index (χ4n) is 2.22. The number of hydrogen-bond acceptors (Lipinski definition) is 6. The van der Waals surface area contributed by atoms with Gasteiger partial charge in [0.05, 0.1) is 13.2 Å². The molecule has 2 rings (SSSR count). The molecule has 0 atom stereocenters. The molecular weight excluding hydrogens is 350 g/mol. The van der Waals surface area contributed by atoms with Gasteiger partial charge in [0, 0.05) is 11.6 Å². The van der Waals surface area contributed by atoms with Crippen molar-refractivity contribution in [2.75, 3.05) is 13.2 Å². The highest BCUT2D eigenvalue weighted by Gasteiger charge is 2.13. The fraction of sp³-hybridized carbons (Fsp3) is 0.300. The van der Waals surface area contributed by atoms with Crippen molar-refractivity contribution in [2.24, 2.45) is 0 Å². The predicted molar refractivity (Wildman–Crippen MR) is 98.7 cm³/mol. The molecule has 27 heavy (non-hydrogen) atoms. The molecule has 2 aromatic rings. The van der Waals surface area contributed by atoms with E-state index in [1.165, 1.54) is 0 Å². The van der Waals surface area contributed by atoms with E-state index in [0.29, 0.717) is 30.3 Å². The third-order valence-corrected chi connectivity index (χ3v) is 3.43. The average Bonchev–Trinajstić information content (AvgIpc) is 2.67. The highest BCUT2D eigenvalue weighted by Crippen LogP contribution is 2.25. The number of rotatable bonds is 8. The molecule has 144 valence electrons. The lowest BCUT2D eigenvalue weighted by molar-refractivity contribution is 0.117. The SMILES string of the molecule is CCOc1ccc(COC(=O)NC(=O)OCc2ccccc2)c(OCC)c1. The molecule has 0 heterocycles. The molecule has 0 aliphatic heterocycles. The zero-order valence-electron chi connectivity index (χ0n) is 15.4. The first kappa shape index (κ1) is 20.1. The molecule has 2 aromatic carbocycles. The summed E-state index contributed by atoms with van der Waals surface area (Å²) in [6.45, 7) is 4.74. The molecule has 0 saturated carbocycles. The molecule has 7 heteroatoms. The summed E-state index contributed by atoms with van der Waals surface area (Å²) in [4.78, 5) is 23.4. The van der Waals surface area contributed by atoms with E-state index in [-0.39, 0.29) is 13.2 Å². The zero-order valence-corrected chi connectivity index (χ0v) is 15.4. The number of imide groups is 1. The largest absolute Gasteiger partial charge is 0.494 e. The van der Waals surface area contributed by atoms with E-state index in [9.17, 15) is 9.59 Å². The van der Waals surface area contributed by atoms with Gasteiger partial charge in [-0.15, -0.1) is 0 Å². The number of hydrogen-bond donors (Lipinski definition) is 1. The van der Waals surface area contributed by atoms with Crippen molar-refractivity contribution in [2.45, 2.75) is 27.1 Å². The molecule has 0 unspecified atom stereocenters. The Morgan fingerprint density at radius 2 is 1.52 bits per heavy atom. The summed E-state index contributed by atoms with van der Waals surface area (Å²) in [7, 11) is 0. The number of nitrogens with one attached hydrogen (secondary N) is 1. The first-order chi connectivity index (χ1) is 13.1. The van der Waals surface area contributed by atoms with Gasteiger partial charge in [0.1, 0.15) is 24.7 Å². The van der Waals surface area contributed by atoms with Crippen LogP contribution in [0.3, 0.4) is 0 Å². The van der Waals surface area contributed by atoms with Crippen LogP contribution in [0.25, 0.3) is 0 Å². The highest BCUT2D eigenvalue weighted by atomic mass is 16.6. The Labute approximate surface area is 158 Å². The second-order valence-electron chi connectivity index (χ2n) is 5.40. The second kappa shape index (κ2) is 10.7. The van der Waals surface area contributed by atoms with Gasteiger partial charge in [-0.05, 0) is 31.5 Å². The van der Waals surface area contributed by atoms with Gasteiger partial charge in [-0.3, -0.25) is 0 Å². The van der Waals surface area contributed by atoms with Crippen LogP contribution in [-0.2, 0) is 22.7 Å². The standard InChI is InChI=1S/C20H23NO6/c1-3-24-17-11-10-16(18(12-17)25-4-2)14-27-20(23)21-19(22)26-13-15-8-6-5-7-9-15/h5-12H,3-4,13-14H2,1-2H3,(H,21,22,23). The fourth-order valence-corrected chi connectivity index (χ4v) is 2.22. The lowest BCUT2D eigenvalue weighted by Gasteiger charge is -2.13. The summed E-state index contributed by atoms with van der Waals surface area (Å²) in [6.07, 6.45) is -1.77. The second-order valence-corrected chi connectivity index (χ2v) is 5.40. The summed E-state index contributed by atoms with van der Waals surface area (Å²) in [5.74, 6) is 1.22. The maximum atomic E-state index is 11.8. The molecule has 0 fully saturated rings. The van der Waals surface area contributed by atoms with E-state index in [2.05, 4.69) is 0 Å². The van der Waals surface area contributed by atoms with Crippen LogP contribution in [0.15, 0.2) is 48.5 Å². The number of ether oxygens (including phenoxy) is 4. The molecule has 0 spiro atoms. The van der Waals surface area contributed by atoms with E-state index in [1.807, 2.05) is 49.5 Å². The lowest BCUT2D eigenvalue weighted by atomic mass is 10.2. The lowest BCUT2D eigenvalue weighted by Crippen LogP contribution is -2.31. The van der Waals surface area contributed by atoms with E-state index < -0.39 is 12.2 Å². The van der Waals surface area contributed by atoms with Crippen LogP contribution in [0.4, 0.5) is 9.59 Å². The van der Waals surface area contributed by atoms with E-state index >= 15 is 0 Å². The molecule has 7 nitrogen and oxygen atoms in total. The molecule has 0 bridgehead atoms. The molecule has 0 aliphatic rings. The van der Waals surface area contributed by atoms with Gasteiger partial charge in [-0.2, -0.15) is 0 Å². The van der Waals surface area contributed by atoms with Crippen molar-refractivity contribution in [3.05, 3.63) is 59.7 Å². The minimum atomic E-state index is -0.899. The Kier molecular flexibility index (Phi) is 7.96. The first-order valence-corrected chi connectivity index (χ1v) is 8.65. The van der Waals surface area contributed by atoms with Crippen LogP contribution in [-0.4, -0.2) is 25.4 Å². The topological polar surface area (TPSA) is 83.1 Å². The van der Waals surface area contributed by atoms with Crippen molar-refractivity contribution < 1.29 is 28.5 Å². The number of carbonyl (C=O) groups excluding carboxylic acids is 2. The smallest absolute Gasteiger partial charge is 0.416 e. The van der Waals surface area contributed by atoms with Gasteiger partial charge < -0.3 is 18.9 Å². The summed E-state index contributed by atoms with van der Waals surface area (Å²) in [5.41, 5.74) is 1.48. The Hall–Kier alpha value is -3.22. The maximum absolute atomic E-state index is 11.8. The number of carbonyl (C=O) groups is 2. The molecule has 0 radical (unpaired) electrons. The van der Waals surface area contributed by atoms with Crippen LogP contribution in [0.1, 0.15) is 25.0 Å². The first-order valence-electron chi connectivity index (χ1n) is 8.65. The molecular formula is C20H23NO6. The van der Waals surface area contributed by atoms with Crippen molar-refractivity contribution in [3.8, 4) is 11.5 Å². The van der Waals surface area contributed by atoms with Crippen molar-refractivity contribution >= 4 is 12.2 Å². The van der Waals surface area contributed by atoms with Gasteiger partial charge in [0.25, 0.3) is 0 Å². The van der Waals surface area contributed by atoms with Crippen molar-refractivity contribution in [1.82, 2.24) is 5.32 Å². The van der Waals surface area contributed by atoms with Crippen LogP contribution in [0.5, 0.6) is 11.5 Å². The molecule has 2 amide bonds. The molecule has 0 aromatic heterocycles. The Bertz CT molecular complexity index is 747. The Balaban J connectivity index is 1.82. The van der Waals surface area contributed by atoms with Gasteiger partial charge >= 0.3 is 12.2 Å². The highest BCUT2D eigenvalue weighted by molar-refractivity contribution is 5.87. The van der Waals surface area contributed by atoms with E-state index in [4.69, 9.17) is 18.9 Å². The number of amides is 2. The van der Waals surface area contributed by atoms with E-state index in [1.54, 1.807) is 18.2 Å². The monoisotopic (exact) mass is 373 g/mol. The minimum Gasteiger partial charge on any atom is -0.494 e. The number of alkyl carbamates (subject to hydrolysis) is 2. The van der Waals surface area contributed by atoms with Crippen LogP contribution >= 0.6 is 0 Å². The molecule has 0 saturated heterocycles. The third-order valence-electron chi connectivity index (χ3n) is 3.43. The summed E-state index contributed by atoms with van der Waals surface area (Å²) < 4.78 is 21.0. The van der Waals surface area contributed by atoms with Gasteiger partial charge in [0.15, 0.2) is 0 Å². The van der Waals surface area contributed by atoms with E-state index in [0.717, 1.165) is 5.56 Å². The maximum Gasteiger partial charge on any atom is 0.416 e. The third kappa shape index (κ3) is 6.89. The minimum absolute atomic E-state index is 0.0560. The van der Waals surface area contributed by atoms with Crippen molar-refractivity contribution in [1.29, 1.82) is 0 Å². The van der Waals surface area contributed by atoms with Crippen molar-refractivity contribution in [3.63, 3.8) is 0 Å². The average molecular weight is 373 g/mol. The van der Waals surface area contributed by atoms with Gasteiger partial charge in [-0.1, -0.05) is 30.3 Å². The number of benzene rings is 2. The van der Waals surface area contributed by atoms with Crippen LogP contribution in [0, 0.1) is 0 Å². The predicted octanol–water partition coefficient (Wildman–Crippen LogP) is 4.05. The Morgan fingerprint density at radius 3 is 2.19 bits per heavy atom. The van der Waals surface area contributed by atoms with Gasteiger partial charge in [-0.25, -0.2) is 14.9 Å². The van der Waals surface area contributed by atoms with Crippen LogP contribution < -0.4 is 14.8 Å². The quantitative estimate of drug-likeness (QED) is 0.752. The summed E-state index contributed by atoms with van der Waals surface area (Å²) in [6, 6.07) is 14.4. The normalized spacial score (nSPS) is 10.0. The zero-order chi connectivity index (χ0) is 19.5. The molecule has 0 aliphatic carbocycles. The summed E-state index contributed by atoms with van der Waals surface area (Å²) in [5, 5.41) is 2.02. The van der Waals surface area contributed by atoms with Gasteiger partial charge in [0.2, 0.25) is 0 Å². The Morgan fingerprint density at radius 1 is 0.852 bits per heavy atom. The summed E-state index contributed by atoms with van der Waals surface area (Å²) >= 11 is 0. The molecule has 1 N–H and O–H groups in total. The van der Waals surface area contributed by atoms with Crippen LogP contribution in [0.2, 0.25) is 0 Å².